The highest BCUT2D eigenvalue weighted by Crippen LogP contribution is 2.23. The van der Waals surface area contributed by atoms with E-state index < -0.39 is 0 Å². The lowest BCUT2D eigenvalue weighted by molar-refractivity contribution is 0.249. The van der Waals surface area contributed by atoms with Crippen molar-refractivity contribution in [3.63, 3.8) is 0 Å². The minimum Gasteiger partial charge on any atom is -0.346 e. The number of aromatic nitrogens is 2. The lowest BCUT2D eigenvalue weighted by atomic mass is 10.1. The van der Waals surface area contributed by atoms with Gasteiger partial charge in [-0.2, -0.15) is 0 Å². The Morgan fingerprint density at radius 2 is 1.96 bits per heavy atom. The van der Waals surface area contributed by atoms with Gasteiger partial charge in [0, 0.05) is 55.3 Å². The molecule has 1 aromatic carbocycles. The Labute approximate surface area is 144 Å². The number of halogens is 1. The van der Waals surface area contributed by atoms with Crippen molar-refractivity contribution in [2.75, 3.05) is 31.1 Å². The van der Waals surface area contributed by atoms with Crippen LogP contribution in [0.2, 0.25) is 5.15 Å². The van der Waals surface area contributed by atoms with E-state index in [0.717, 1.165) is 54.3 Å². The van der Waals surface area contributed by atoms with Crippen molar-refractivity contribution in [3.05, 3.63) is 52.6 Å². The number of fused-ring (bicyclic) bond motifs is 1. The van der Waals surface area contributed by atoms with Gasteiger partial charge in [0.1, 0.15) is 5.15 Å². The van der Waals surface area contributed by atoms with Gasteiger partial charge in [-0.15, -0.1) is 11.3 Å². The molecule has 4 rings (SSSR count). The average Bonchev–Trinajstić information content (AvgIpc) is 3.11. The van der Waals surface area contributed by atoms with Gasteiger partial charge in [-0.25, -0.2) is 9.97 Å². The largest absolute Gasteiger partial charge is 0.346 e. The second-order valence-corrected chi connectivity index (χ2v) is 6.94. The van der Waals surface area contributed by atoms with E-state index in [0.29, 0.717) is 5.15 Å². The number of piperazine rings is 1. The predicted molar refractivity (Wildman–Crippen MR) is 96.4 cm³/mol. The van der Waals surface area contributed by atoms with Crippen molar-refractivity contribution in [1.82, 2.24) is 14.9 Å². The number of hydrogen-bond donors (Lipinski definition) is 0. The van der Waals surface area contributed by atoms with Crippen LogP contribution in [0.25, 0.3) is 10.9 Å². The molecule has 1 aliphatic heterocycles. The second-order valence-electron chi connectivity index (χ2n) is 5.71. The third-order valence-electron chi connectivity index (χ3n) is 4.21. The highest BCUT2D eigenvalue weighted by molar-refractivity contribution is 7.13. The van der Waals surface area contributed by atoms with Gasteiger partial charge in [0.2, 0.25) is 0 Å². The van der Waals surface area contributed by atoms with Gasteiger partial charge in [0.25, 0.3) is 0 Å². The summed E-state index contributed by atoms with van der Waals surface area (Å²) in [6.45, 7) is 4.89. The zero-order chi connectivity index (χ0) is 15.6. The predicted octanol–water partition coefficient (Wildman–Crippen LogP) is 3.67. The van der Waals surface area contributed by atoms with Gasteiger partial charge in [-0.1, -0.05) is 29.8 Å². The van der Waals surface area contributed by atoms with E-state index in [4.69, 9.17) is 11.6 Å². The van der Waals surface area contributed by atoms with Crippen LogP contribution in [-0.2, 0) is 6.54 Å². The number of rotatable bonds is 3. The molecular weight excluding hydrogens is 328 g/mol. The minimum absolute atomic E-state index is 0.617. The zero-order valence-corrected chi connectivity index (χ0v) is 14.2. The van der Waals surface area contributed by atoms with Crippen molar-refractivity contribution in [2.24, 2.45) is 0 Å². The van der Waals surface area contributed by atoms with E-state index in [1.165, 1.54) is 0 Å². The van der Waals surface area contributed by atoms with Gasteiger partial charge in [-0.3, -0.25) is 4.90 Å². The smallest absolute Gasteiger partial charge is 0.185 e. The molecule has 0 bridgehead atoms. The fourth-order valence-electron chi connectivity index (χ4n) is 2.96. The standard InChI is InChI=1S/C17H17ClN4S/c18-16-14(11-13-3-1-2-4-15(13)20-16)12-21-6-8-22(9-7-21)17-19-5-10-23-17/h1-5,10-11H,6-9,12H2. The molecule has 0 spiro atoms. The molecular formula is C17H17ClN4S. The number of nitrogens with zero attached hydrogens (tertiary/aromatic N) is 4. The Morgan fingerprint density at radius 3 is 2.74 bits per heavy atom. The summed E-state index contributed by atoms with van der Waals surface area (Å²) >= 11 is 8.08. The minimum atomic E-state index is 0.617. The summed E-state index contributed by atoms with van der Waals surface area (Å²) in [5.74, 6) is 0. The molecule has 1 fully saturated rings. The van der Waals surface area contributed by atoms with Crippen molar-refractivity contribution in [2.45, 2.75) is 6.54 Å². The third-order valence-corrected chi connectivity index (χ3v) is 5.37. The maximum atomic E-state index is 6.38. The monoisotopic (exact) mass is 344 g/mol. The van der Waals surface area contributed by atoms with Crippen LogP contribution < -0.4 is 4.90 Å². The van der Waals surface area contributed by atoms with Crippen LogP contribution in [0, 0.1) is 0 Å². The first-order valence-corrected chi connectivity index (χ1v) is 8.96. The van der Waals surface area contributed by atoms with E-state index in [2.05, 4.69) is 31.9 Å². The Bertz CT molecular complexity index is 797. The van der Waals surface area contributed by atoms with Crippen LogP contribution in [0.1, 0.15) is 5.56 Å². The van der Waals surface area contributed by atoms with Crippen LogP contribution in [0.15, 0.2) is 41.9 Å². The molecule has 0 amide bonds. The van der Waals surface area contributed by atoms with E-state index >= 15 is 0 Å². The Morgan fingerprint density at radius 1 is 1.13 bits per heavy atom. The van der Waals surface area contributed by atoms with Gasteiger partial charge in [0.05, 0.1) is 5.52 Å². The van der Waals surface area contributed by atoms with Gasteiger partial charge >= 0.3 is 0 Å². The summed E-state index contributed by atoms with van der Waals surface area (Å²) in [7, 11) is 0. The van der Waals surface area contributed by atoms with Gasteiger partial charge in [0.15, 0.2) is 5.13 Å². The molecule has 1 saturated heterocycles. The normalized spacial score (nSPS) is 16.1. The molecule has 6 heteroatoms. The number of para-hydroxylation sites is 1. The maximum absolute atomic E-state index is 6.38. The topological polar surface area (TPSA) is 32.3 Å². The fraction of sp³-hybridized carbons (Fsp3) is 0.294. The maximum Gasteiger partial charge on any atom is 0.185 e. The summed E-state index contributed by atoms with van der Waals surface area (Å²) in [6, 6.07) is 10.3. The second kappa shape index (κ2) is 6.43. The molecule has 23 heavy (non-hydrogen) atoms. The number of hydrogen-bond acceptors (Lipinski definition) is 5. The molecule has 2 aromatic heterocycles. The van der Waals surface area contributed by atoms with Crippen LogP contribution in [0.5, 0.6) is 0 Å². The fourth-order valence-corrected chi connectivity index (χ4v) is 3.86. The molecule has 118 valence electrons. The van der Waals surface area contributed by atoms with Crippen molar-refractivity contribution in [3.8, 4) is 0 Å². The molecule has 0 atom stereocenters. The summed E-state index contributed by atoms with van der Waals surface area (Å²) in [6.07, 6.45) is 1.87. The van der Waals surface area contributed by atoms with E-state index in [9.17, 15) is 0 Å². The first kappa shape index (κ1) is 14.9. The summed E-state index contributed by atoms with van der Waals surface area (Å²) in [4.78, 5) is 13.7. The van der Waals surface area contributed by atoms with Crippen LogP contribution in [-0.4, -0.2) is 41.0 Å². The first-order valence-electron chi connectivity index (χ1n) is 7.70. The quantitative estimate of drug-likeness (QED) is 0.679. The lowest BCUT2D eigenvalue weighted by Crippen LogP contribution is -2.46. The molecule has 0 unspecified atom stereocenters. The molecule has 3 aromatic rings. The van der Waals surface area contributed by atoms with E-state index in [-0.39, 0.29) is 0 Å². The molecule has 3 heterocycles. The highest BCUT2D eigenvalue weighted by atomic mass is 35.5. The molecule has 0 saturated carbocycles. The molecule has 4 nitrogen and oxygen atoms in total. The van der Waals surface area contributed by atoms with Crippen molar-refractivity contribution < 1.29 is 0 Å². The summed E-state index contributed by atoms with van der Waals surface area (Å²) in [5.41, 5.74) is 2.06. The number of thiazole rings is 1. The zero-order valence-electron chi connectivity index (χ0n) is 12.7. The Kier molecular flexibility index (Phi) is 4.16. The summed E-state index contributed by atoms with van der Waals surface area (Å²) in [5, 5.41) is 4.91. The van der Waals surface area contributed by atoms with Crippen LogP contribution in [0.4, 0.5) is 5.13 Å². The van der Waals surface area contributed by atoms with Crippen molar-refractivity contribution >= 4 is 39.0 Å². The van der Waals surface area contributed by atoms with Crippen molar-refractivity contribution in [1.29, 1.82) is 0 Å². The third kappa shape index (κ3) is 3.17. The van der Waals surface area contributed by atoms with E-state index in [1.807, 2.05) is 29.8 Å². The van der Waals surface area contributed by atoms with Gasteiger partial charge < -0.3 is 4.90 Å². The SMILES string of the molecule is Clc1nc2ccccc2cc1CN1CCN(c2nccs2)CC1. The average molecular weight is 345 g/mol. The van der Waals surface area contributed by atoms with Crippen LogP contribution in [0.3, 0.4) is 0 Å². The number of benzene rings is 1. The highest BCUT2D eigenvalue weighted by Gasteiger charge is 2.19. The molecule has 0 radical (unpaired) electrons. The number of pyridine rings is 1. The molecule has 0 N–H and O–H groups in total. The Balaban J connectivity index is 1.46. The lowest BCUT2D eigenvalue weighted by Gasteiger charge is -2.34. The Hall–Kier alpha value is -1.69. The summed E-state index contributed by atoms with van der Waals surface area (Å²) < 4.78 is 0. The van der Waals surface area contributed by atoms with E-state index in [1.54, 1.807) is 11.3 Å². The van der Waals surface area contributed by atoms with Gasteiger partial charge in [-0.05, 0) is 12.1 Å². The number of anilines is 1. The first-order chi connectivity index (χ1) is 11.3. The molecule has 1 aliphatic rings. The molecule has 0 aliphatic carbocycles. The van der Waals surface area contributed by atoms with Crippen LogP contribution >= 0.6 is 22.9 Å².